The van der Waals surface area contributed by atoms with Crippen molar-refractivity contribution in [2.24, 2.45) is 0 Å². The van der Waals surface area contributed by atoms with Gasteiger partial charge in [0, 0.05) is 17.4 Å². The summed E-state index contributed by atoms with van der Waals surface area (Å²) in [5, 5.41) is 3.02. The van der Waals surface area contributed by atoms with Crippen molar-refractivity contribution in [3.8, 4) is 0 Å². The van der Waals surface area contributed by atoms with Gasteiger partial charge in [0.2, 0.25) is 5.95 Å². The predicted molar refractivity (Wildman–Crippen MR) is 65.9 cm³/mol. The molecule has 0 saturated heterocycles. The molecule has 0 amide bonds. The monoisotopic (exact) mass is 287 g/mol. The van der Waals surface area contributed by atoms with Crippen LogP contribution in [0.4, 0.5) is 21.8 Å². The van der Waals surface area contributed by atoms with Gasteiger partial charge < -0.3 is 23.5 Å². The van der Waals surface area contributed by atoms with E-state index in [1.807, 2.05) is 0 Å². The Morgan fingerprint density at radius 3 is 2.61 bits per heavy atom. The molecule has 4 nitrogen and oxygen atoms in total. The number of nitrogens with one attached hydrogen (secondary N) is 1. The smallest absolute Gasteiger partial charge is 0.222 e. The van der Waals surface area contributed by atoms with Gasteiger partial charge in [-0.1, -0.05) is 11.6 Å². The van der Waals surface area contributed by atoms with Gasteiger partial charge in [-0.2, -0.15) is 4.98 Å². The summed E-state index contributed by atoms with van der Waals surface area (Å²) in [5.41, 5.74) is 6.90. The van der Waals surface area contributed by atoms with Crippen molar-refractivity contribution in [1.29, 1.82) is 0 Å². The lowest BCUT2D eigenvalue weighted by Gasteiger charge is -2.07. The molecule has 0 saturated carbocycles. The van der Waals surface area contributed by atoms with Gasteiger partial charge in [-0.15, -0.1) is 0 Å². The third kappa shape index (κ3) is 3.45. The summed E-state index contributed by atoms with van der Waals surface area (Å²) in [4.78, 5) is 7.95. The average molecular weight is 288 g/mol. The lowest BCUT2D eigenvalue weighted by molar-refractivity contribution is -0.00000430. The standard InChI is InChI=1S/C11H10ClFN4.ClH/c1-6-4-10(17-11(14)15-6)16-7-2-3-9(13)8(12)5-7;/h2-5H,1H3,(H3,14,15,16,17);1H/p-1. The second kappa shape index (κ2) is 5.84. The van der Waals surface area contributed by atoms with Crippen molar-refractivity contribution in [2.75, 3.05) is 11.1 Å². The van der Waals surface area contributed by atoms with Gasteiger partial charge in [0.1, 0.15) is 11.6 Å². The molecule has 7 heteroatoms. The molecule has 0 radical (unpaired) electrons. The molecular weight excluding hydrogens is 278 g/mol. The number of rotatable bonds is 2. The van der Waals surface area contributed by atoms with Crippen molar-refractivity contribution in [3.63, 3.8) is 0 Å². The molecule has 0 bridgehead atoms. The number of halogens is 3. The molecule has 1 heterocycles. The first kappa shape index (κ1) is 14.5. The van der Waals surface area contributed by atoms with Crippen LogP contribution in [0.1, 0.15) is 5.69 Å². The first-order chi connectivity index (χ1) is 8.04. The number of benzene rings is 1. The minimum Gasteiger partial charge on any atom is -1.00 e. The van der Waals surface area contributed by atoms with Crippen LogP contribution in [-0.2, 0) is 0 Å². The fourth-order valence-corrected chi connectivity index (χ4v) is 1.56. The van der Waals surface area contributed by atoms with Crippen molar-refractivity contribution in [2.45, 2.75) is 6.92 Å². The summed E-state index contributed by atoms with van der Waals surface area (Å²) >= 11 is 5.67. The Hall–Kier alpha value is -1.59. The first-order valence-corrected chi connectivity index (χ1v) is 5.25. The van der Waals surface area contributed by atoms with Gasteiger partial charge >= 0.3 is 0 Å². The van der Waals surface area contributed by atoms with E-state index >= 15 is 0 Å². The number of aromatic nitrogens is 2. The molecular formula is C11H10Cl2FN4-. The van der Waals surface area contributed by atoms with Crippen LogP contribution in [0.3, 0.4) is 0 Å². The highest BCUT2D eigenvalue weighted by atomic mass is 35.5. The maximum atomic E-state index is 13.0. The van der Waals surface area contributed by atoms with Crippen LogP contribution in [0, 0.1) is 12.7 Å². The number of nitrogen functional groups attached to an aromatic ring is 1. The van der Waals surface area contributed by atoms with Crippen LogP contribution in [-0.4, -0.2) is 9.97 Å². The second-order valence-corrected chi connectivity index (χ2v) is 3.91. The van der Waals surface area contributed by atoms with Crippen molar-refractivity contribution in [3.05, 3.63) is 40.8 Å². The third-order valence-corrected chi connectivity index (χ3v) is 2.35. The average Bonchev–Trinajstić information content (AvgIpc) is 2.22. The topological polar surface area (TPSA) is 63.8 Å². The maximum absolute atomic E-state index is 13.0. The molecule has 0 atom stereocenters. The highest BCUT2D eigenvalue weighted by Crippen LogP contribution is 2.22. The highest BCUT2D eigenvalue weighted by Gasteiger charge is 2.03. The molecule has 18 heavy (non-hydrogen) atoms. The van der Waals surface area contributed by atoms with E-state index in [0.29, 0.717) is 11.5 Å². The van der Waals surface area contributed by atoms with Gasteiger partial charge in [0.15, 0.2) is 0 Å². The molecule has 0 spiro atoms. The van der Waals surface area contributed by atoms with Crippen LogP contribution in [0.5, 0.6) is 0 Å². The summed E-state index contributed by atoms with van der Waals surface area (Å²) in [7, 11) is 0. The van der Waals surface area contributed by atoms with E-state index in [0.717, 1.165) is 5.69 Å². The van der Waals surface area contributed by atoms with E-state index < -0.39 is 5.82 Å². The largest absolute Gasteiger partial charge is 1.00 e. The van der Waals surface area contributed by atoms with E-state index in [-0.39, 0.29) is 23.4 Å². The Morgan fingerprint density at radius 1 is 1.28 bits per heavy atom. The Balaban J connectivity index is 0.00000162. The minimum absolute atomic E-state index is 0. The zero-order valence-electron chi connectivity index (χ0n) is 9.42. The molecule has 2 rings (SSSR count). The molecule has 0 aliphatic carbocycles. The minimum atomic E-state index is -0.462. The summed E-state index contributed by atoms with van der Waals surface area (Å²) in [6.07, 6.45) is 0. The molecule has 1 aromatic carbocycles. The van der Waals surface area contributed by atoms with Gasteiger partial charge in [-0.3, -0.25) is 0 Å². The quantitative estimate of drug-likeness (QED) is 0.810. The lowest BCUT2D eigenvalue weighted by Crippen LogP contribution is -3.00. The van der Waals surface area contributed by atoms with Gasteiger partial charge in [-0.05, 0) is 25.1 Å². The van der Waals surface area contributed by atoms with E-state index in [4.69, 9.17) is 17.3 Å². The van der Waals surface area contributed by atoms with Crippen LogP contribution < -0.4 is 23.5 Å². The van der Waals surface area contributed by atoms with Crippen LogP contribution in [0.2, 0.25) is 5.02 Å². The number of aryl methyl sites for hydroxylation is 1. The normalized spacial score (nSPS) is 9.72. The fraction of sp³-hybridized carbons (Fsp3) is 0.0909. The van der Waals surface area contributed by atoms with Crippen LogP contribution in [0.15, 0.2) is 24.3 Å². The van der Waals surface area contributed by atoms with E-state index in [9.17, 15) is 4.39 Å². The first-order valence-electron chi connectivity index (χ1n) is 4.88. The molecule has 1 aromatic heterocycles. The van der Waals surface area contributed by atoms with Gasteiger partial charge in [-0.25, -0.2) is 9.37 Å². The van der Waals surface area contributed by atoms with Crippen molar-refractivity contribution >= 4 is 29.1 Å². The summed E-state index contributed by atoms with van der Waals surface area (Å²) in [5.74, 6) is 0.258. The second-order valence-electron chi connectivity index (χ2n) is 3.51. The summed E-state index contributed by atoms with van der Waals surface area (Å²) in [6, 6.07) is 6.05. The fourth-order valence-electron chi connectivity index (χ4n) is 1.38. The summed E-state index contributed by atoms with van der Waals surface area (Å²) < 4.78 is 13.0. The molecule has 0 fully saturated rings. The van der Waals surface area contributed by atoms with E-state index in [1.54, 1.807) is 19.1 Å². The number of anilines is 3. The van der Waals surface area contributed by atoms with Crippen LogP contribution in [0.25, 0.3) is 0 Å². The zero-order chi connectivity index (χ0) is 12.4. The van der Waals surface area contributed by atoms with Crippen molar-refractivity contribution in [1.82, 2.24) is 9.97 Å². The van der Waals surface area contributed by atoms with Crippen LogP contribution >= 0.6 is 11.6 Å². The Kier molecular flexibility index (Phi) is 4.69. The number of hydrogen-bond acceptors (Lipinski definition) is 4. The van der Waals surface area contributed by atoms with Gasteiger partial charge in [0.05, 0.1) is 5.02 Å². The van der Waals surface area contributed by atoms with E-state index in [2.05, 4.69) is 15.3 Å². The molecule has 2 aromatic rings. The molecule has 0 aliphatic heterocycles. The number of nitrogens with zero attached hydrogens (tertiary/aromatic N) is 2. The predicted octanol–water partition coefficient (Wildman–Crippen LogP) is -0.0927. The molecule has 96 valence electrons. The van der Waals surface area contributed by atoms with Crippen molar-refractivity contribution < 1.29 is 16.8 Å². The van der Waals surface area contributed by atoms with Gasteiger partial charge in [0.25, 0.3) is 0 Å². The molecule has 3 N–H and O–H groups in total. The molecule has 0 aliphatic rings. The number of nitrogens with two attached hydrogens (primary N) is 1. The summed E-state index contributed by atoms with van der Waals surface area (Å²) in [6.45, 7) is 1.81. The number of hydrogen-bond donors (Lipinski definition) is 2. The zero-order valence-corrected chi connectivity index (χ0v) is 10.9. The molecule has 0 unspecified atom stereocenters. The SMILES string of the molecule is Cc1cc(Nc2ccc(F)c(Cl)c2)nc(N)n1.[Cl-]. The Labute approximate surface area is 115 Å². The highest BCUT2D eigenvalue weighted by molar-refractivity contribution is 6.31. The Bertz CT molecular complexity index is 542. The maximum Gasteiger partial charge on any atom is 0.222 e. The third-order valence-electron chi connectivity index (χ3n) is 2.06. The van der Waals surface area contributed by atoms with E-state index in [1.165, 1.54) is 12.1 Å². The Morgan fingerprint density at radius 2 is 2.00 bits per heavy atom. The lowest BCUT2D eigenvalue weighted by atomic mass is 10.3.